The van der Waals surface area contributed by atoms with Crippen molar-refractivity contribution in [3.63, 3.8) is 0 Å². The highest BCUT2D eigenvalue weighted by molar-refractivity contribution is 5.99. The van der Waals surface area contributed by atoms with Gasteiger partial charge in [0.2, 0.25) is 0 Å². The van der Waals surface area contributed by atoms with E-state index in [1.54, 1.807) is 36.5 Å². The zero-order valence-corrected chi connectivity index (χ0v) is 35.8. The Labute approximate surface area is 384 Å². The summed E-state index contributed by atoms with van der Waals surface area (Å²) in [6.45, 7) is 1.84. The van der Waals surface area contributed by atoms with Crippen molar-refractivity contribution in [1.29, 1.82) is 0 Å². The smallest absolute Gasteiger partial charge is 0.149 e. The van der Waals surface area contributed by atoms with Crippen molar-refractivity contribution < 1.29 is 13.3 Å². The number of aromatic nitrogens is 3. The summed E-state index contributed by atoms with van der Waals surface area (Å²) >= 11 is 0. The van der Waals surface area contributed by atoms with Gasteiger partial charge in [0.15, 0.2) is 0 Å². The molecule has 0 fully saturated rings. The molecule has 1 N–H and O–H groups in total. The Morgan fingerprint density at radius 1 is 0.484 bits per heavy atom. The van der Waals surface area contributed by atoms with Gasteiger partial charge in [-0.05, 0) is 135 Å². The summed E-state index contributed by atoms with van der Waals surface area (Å²) in [6, 6.07) is 62.4. The lowest BCUT2D eigenvalue weighted by Crippen LogP contribution is -2.10. The number of pyridine rings is 1. The standard InChI is InChI=1S/C60H49N3O/c1-39-23-25-42(26-24-39)45-31-32-61-54(37-45)48-35-46(41-15-8-6-9-16-41)34-47(36-48)50-20-14-21-55-58(50)62-59(51-19-12-13-22-57(51)64)63(55)56-33-40(2)52(43-17-10-7-11-18-43)38-53(56)44-27-29-49(30-28-44)60(3,4)5/h6-38,64H,1-5H3/i1D3,2D3. The Hall–Kier alpha value is -7.82. The van der Waals surface area contributed by atoms with Crippen molar-refractivity contribution in [3.8, 4) is 89.7 Å². The first-order chi connectivity index (χ1) is 33.5. The van der Waals surface area contributed by atoms with Crippen molar-refractivity contribution in [2.45, 2.75) is 39.9 Å². The third-order valence-electron chi connectivity index (χ3n) is 12.0. The van der Waals surface area contributed by atoms with Gasteiger partial charge in [-0.2, -0.15) is 0 Å². The van der Waals surface area contributed by atoms with E-state index in [1.807, 2.05) is 114 Å². The molecule has 0 aliphatic heterocycles. The van der Waals surface area contributed by atoms with E-state index in [4.69, 9.17) is 18.2 Å². The Balaban J connectivity index is 1.24. The van der Waals surface area contributed by atoms with E-state index >= 15 is 0 Å². The van der Waals surface area contributed by atoms with E-state index in [0.29, 0.717) is 33.7 Å². The highest BCUT2D eigenvalue weighted by atomic mass is 16.3. The molecule has 64 heavy (non-hydrogen) atoms. The van der Waals surface area contributed by atoms with Crippen LogP contribution in [0.2, 0.25) is 0 Å². The number of rotatable bonds is 8. The minimum atomic E-state index is -2.49. The Morgan fingerprint density at radius 2 is 1.12 bits per heavy atom. The van der Waals surface area contributed by atoms with Gasteiger partial charge in [0.05, 0.1) is 28.0 Å². The molecule has 0 atom stereocenters. The van der Waals surface area contributed by atoms with Crippen LogP contribution >= 0.6 is 0 Å². The van der Waals surface area contributed by atoms with Crippen molar-refractivity contribution in [2.24, 2.45) is 0 Å². The van der Waals surface area contributed by atoms with Crippen LogP contribution in [0.25, 0.3) is 95.0 Å². The fourth-order valence-corrected chi connectivity index (χ4v) is 8.59. The lowest BCUT2D eigenvalue weighted by atomic mass is 9.85. The van der Waals surface area contributed by atoms with E-state index in [9.17, 15) is 5.11 Å². The second-order valence-electron chi connectivity index (χ2n) is 17.2. The average Bonchev–Trinajstić information content (AvgIpc) is 3.75. The Bertz CT molecular complexity index is 3540. The van der Waals surface area contributed by atoms with Gasteiger partial charge < -0.3 is 5.11 Å². The van der Waals surface area contributed by atoms with Crippen LogP contribution in [0, 0.1) is 13.7 Å². The van der Waals surface area contributed by atoms with Crippen molar-refractivity contribution >= 4 is 11.0 Å². The van der Waals surface area contributed by atoms with Gasteiger partial charge in [0.25, 0.3) is 0 Å². The van der Waals surface area contributed by atoms with Gasteiger partial charge in [-0.25, -0.2) is 4.98 Å². The average molecular weight is 834 g/mol. The number of nitrogens with zero attached hydrogens (tertiary/aromatic N) is 3. The van der Waals surface area contributed by atoms with Crippen LogP contribution in [0.1, 0.15) is 45.7 Å². The number of phenolic OH excluding ortho intramolecular Hbond substituents is 1. The molecule has 4 nitrogen and oxygen atoms in total. The number of phenols is 1. The molecule has 0 saturated heterocycles. The molecule has 0 unspecified atom stereocenters. The third-order valence-corrected chi connectivity index (χ3v) is 12.0. The normalized spacial score (nSPS) is 13.4. The molecule has 0 aliphatic rings. The van der Waals surface area contributed by atoms with Gasteiger partial charge in [-0.15, -0.1) is 0 Å². The Morgan fingerprint density at radius 3 is 1.84 bits per heavy atom. The van der Waals surface area contributed by atoms with E-state index < -0.39 is 13.7 Å². The highest BCUT2D eigenvalue weighted by Gasteiger charge is 2.24. The first-order valence-corrected chi connectivity index (χ1v) is 21.4. The minimum absolute atomic E-state index is 0.0287. The number of para-hydroxylation sites is 2. The van der Waals surface area contributed by atoms with Crippen molar-refractivity contribution in [3.05, 3.63) is 217 Å². The molecule has 0 bridgehead atoms. The number of fused-ring (bicyclic) bond motifs is 1. The van der Waals surface area contributed by atoms with Crippen LogP contribution in [0.15, 0.2) is 200 Å². The molecule has 0 spiro atoms. The molecule has 0 saturated carbocycles. The van der Waals surface area contributed by atoms with Gasteiger partial charge in [-0.3, -0.25) is 9.55 Å². The molecule has 0 aliphatic carbocycles. The largest absolute Gasteiger partial charge is 0.507 e. The topological polar surface area (TPSA) is 50.9 Å². The number of imidazole rings is 1. The molecule has 4 heteroatoms. The number of aryl methyl sites for hydroxylation is 2. The minimum Gasteiger partial charge on any atom is -0.507 e. The summed E-state index contributed by atoms with van der Waals surface area (Å²) < 4.78 is 52.4. The first-order valence-electron chi connectivity index (χ1n) is 24.4. The fraction of sp³-hybridized carbons (Fsp3) is 0.100. The summed E-state index contributed by atoms with van der Waals surface area (Å²) in [6.07, 6.45) is 1.77. The van der Waals surface area contributed by atoms with Gasteiger partial charge >= 0.3 is 0 Å². The van der Waals surface area contributed by atoms with Crippen LogP contribution in [0.3, 0.4) is 0 Å². The van der Waals surface area contributed by atoms with Crippen LogP contribution in [-0.4, -0.2) is 19.6 Å². The maximum Gasteiger partial charge on any atom is 0.149 e. The van der Waals surface area contributed by atoms with Crippen LogP contribution in [-0.2, 0) is 5.41 Å². The quantitative estimate of drug-likeness (QED) is 0.166. The molecule has 10 aromatic rings. The summed E-state index contributed by atoms with van der Waals surface area (Å²) in [5, 5.41) is 11.6. The maximum absolute atomic E-state index is 11.6. The SMILES string of the molecule is [2H]C([2H])([2H])c1ccc(-c2ccnc(-c3cc(-c4ccccc4)cc(-c4cccc5c4nc(-c4ccccc4O)n5-c4cc(C([2H])([2H])[2H])c(-c5ccccc5)cc4-c4ccc(C(C)(C)C)cc4)c3)c2)cc1. The summed E-state index contributed by atoms with van der Waals surface area (Å²) in [7, 11) is 0. The zero-order chi connectivity index (χ0) is 49.0. The summed E-state index contributed by atoms with van der Waals surface area (Å²) in [4.78, 5) is 10.3. The fourth-order valence-electron chi connectivity index (χ4n) is 8.59. The monoisotopic (exact) mass is 833 g/mol. The molecule has 2 heterocycles. The second-order valence-corrected chi connectivity index (χ2v) is 17.2. The van der Waals surface area contributed by atoms with Crippen LogP contribution in [0.4, 0.5) is 0 Å². The maximum atomic E-state index is 11.6. The van der Waals surface area contributed by atoms with E-state index in [0.717, 1.165) is 66.9 Å². The molecule has 10 rings (SSSR count). The number of aromatic hydroxyl groups is 1. The molecule has 8 aromatic carbocycles. The first kappa shape index (κ1) is 33.8. The van der Waals surface area contributed by atoms with Crippen LogP contribution < -0.4 is 0 Å². The van der Waals surface area contributed by atoms with E-state index in [-0.39, 0.29) is 22.3 Å². The zero-order valence-electron chi connectivity index (χ0n) is 41.8. The second kappa shape index (κ2) is 16.5. The summed E-state index contributed by atoms with van der Waals surface area (Å²) in [5.41, 5.74) is 14.0. The molecular weight excluding hydrogens is 779 g/mol. The van der Waals surface area contributed by atoms with E-state index in [2.05, 4.69) is 75.4 Å². The number of hydrogen-bond donors (Lipinski definition) is 1. The predicted octanol–water partition coefficient (Wildman–Crippen LogP) is 15.7. The molecular formula is C60H49N3O. The van der Waals surface area contributed by atoms with Crippen molar-refractivity contribution in [2.75, 3.05) is 0 Å². The number of hydrogen-bond acceptors (Lipinski definition) is 3. The van der Waals surface area contributed by atoms with Gasteiger partial charge in [0.1, 0.15) is 11.6 Å². The predicted molar refractivity (Wildman–Crippen MR) is 267 cm³/mol. The molecule has 0 radical (unpaired) electrons. The summed E-state index contributed by atoms with van der Waals surface area (Å²) in [5.74, 6) is 0.469. The number of benzene rings is 8. The van der Waals surface area contributed by atoms with Crippen LogP contribution in [0.5, 0.6) is 5.75 Å². The highest BCUT2D eigenvalue weighted by Crippen LogP contribution is 2.43. The van der Waals surface area contributed by atoms with Gasteiger partial charge in [0, 0.05) is 31.1 Å². The lowest BCUT2D eigenvalue weighted by molar-refractivity contribution is 0.477. The molecule has 2 aromatic heterocycles. The Kier molecular flexibility index (Phi) is 8.69. The molecule has 310 valence electrons. The third kappa shape index (κ3) is 7.69. The van der Waals surface area contributed by atoms with Gasteiger partial charge in [-0.1, -0.05) is 160 Å². The molecule has 0 amide bonds. The van der Waals surface area contributed by atoms with E-state index in [1.165, 1.54) is 0 Å². The van der Waals surface area contributed by atoms with Crippen molar-refractivity contribution in [1.82, 2.24) is 14.5 Å². The lowest BCUT2D eigenvalue weighted by Gasteiger charge is -2.21.